The largest absolute Gasteiger partial charge is 0.348 e. The van der Waals surface area contributed by atoms with Crippen molar-refractivity contribution < 1.29 is 4.79 Å². The van der Waals surface area contributed by atoms with E-state index in [0.29, 0.717) is 12.1 Å². The zero-order valence-electron chi connectivity index (χ0n) is 13.1. The number of rotatable bonds is 4. The van der Waals surface area contributed by atoms with E-state index in [4.69, 9.17) is 0 Å². The number of hydrogen-bond donors (Lipinski definition) is 1. The van der Waals surface area contributed by atoms with Crippen molar-refractivity contribution >= 4 is 5.91 Å². The van der Waals surface area contributed by atoms with Crippen molar-refractivity contribution in [3.63, 3.8) is 0 Å². The Morgan fingerprint density at radius 1 is 0.783 bits per heavy atom. The van der Waals surface area contributed by atoms with E-state index in [1.165, 1.54) is 5.56 Å². The van der Waals surface area contributed by atoms with Crippen molar-refractivity contribution in [2.45, 2.75) is 13.5 Å². The summed E-state index contributed by atoms with van der Waals surface area (Å²) in [6, 6.07) is 25.9. The molecule has 2 heteroatoms. The molecule has 0 spiro atoms. The van der Waals surface area contributed by atoms with Gasteiger partial charge in [-0.3, -0.25) is 4.79 Å². The molecule has 0 saturated heterocycles. The van der Waals surface area contributed by atoms with E-state index < -0.39 is 0 Å². The molecule has 3 rings (SSSR count). The molecule has 1 N–H and O–H groups in total. The van der Waals surface area contributed by atoms with Crippen LogP contribution in [0.5, 0.6) is 0 Å². The zero-order chi connectivity index (χ0) is 16.1. The number of amides is 1. The van der Waals surface area contributed by atoms with Gasteiger partial charge in [-0.25, -0.2) is 0 Å². The van der Waals surface area contributed by atoms with Gasteiger partial charge >= 0.3 is 0 Å². The van der Waals surface area contributed by atoms with Crippen LogP contribution in [0.25, 0.3) is 11.1 Å². The summed E-state index contributed by atoms with van der Waals surface area (Å²) in [5, 5.41) is 2.98. The molecule has 1 amide bonds. The molecule has 23 heavy (non-hydrogen) atoms. The second-order valence-corrected chi connectivity index (χ2v) is 5.55. The molecule has 3 aromatic rings. The van der Waals surface area contributed by atoms with Crippen LogP contribution in [0.4, 0.5) is 0 Å². The second-order valence-electron chi connectivity index (χ2n) is 5.55. The van der Waals surface area contributed by atoms with Crippen LogP contribution < -0.4 is 5.32 Å². The highest BCUT2D eigenvalue weighted by Crippen LogP contribution is 2.19. The summed E-state index contributed by atoms with van der Waals surface area (Å²) in [6.45, 7) is 2.60. The van der Waals surface area contributed by atoms with Gasteiger partial charge in [0.2, 0.25) is 0 Å². The van der Waals surface area contributed by atoms with Crippen LogP contribution in [0.1, 0.15) is 21.5 Å². The van der Waals surface area contributed by atoms with Gasteiger partial charge in [0.05, 0.1) is 0 Å². The number of hydrogen-bond acceptors (Lipinski definition) is 1. The first-order chi connectivity index (χ1) is 11.2. The lowest BCUT2D eigenvalue weighted by atomic mass is 10.0. The molecule has 0 fully saturated rings. The highest BCUT2D eigenvalue weighted by Gasteiger charge is 2.06. The van der Waals surface area contributed by atoms with Crippen molar-refractivity contribution in [2.75, 3.05) is 0 Å². The molecule has 0 heterocycles. The normalized spacial score (nSPS) is 10.3. The van der Waals surface area contributed by atoms with Crippen LogP contribution in [0.2, 0.25) is 0 Å². The summed E-state index contributed by atoms with van der Waals surface area (Å²) >= 11 is 0. The highest BCUT2D eigenvalue weighted by atomic mass is 16.1. The fourth-order valence-corrected chi connectivity index (χ4v) is 2.53. The van der Waals surface area contributed by atoms with Crippen LogP contribution in [0.3, 0.4) is 0 Å². The molecule has 0 aliphatic heterocycles. The Morgan fingerprint density at radius 3 is 2.09 bits per heavy atom. The number of carbonyl (C=O) groups is 1. The van der Waals surface area contributed by atoms with E-state index in [2.05, 4.69) is 30.4 Å². The van der Waals surface area contributed by atoms with Crippen LogP contribution in [0.15, 0.2) is 78.9 Å². The minimum absolute atomic E-state index is 0.0483. The van der Waals surface area contributed by atoms with Crippen molar-refractivity contribution in [2.24, 2.45) is 0 Å². The van der Waals surface area contributed by atoms with Crippen molar-refractivity contribution in [3.8, 4) is 11.1 Å². The summed E-state index contributed by atoms with van der Waals surface area (Å²) in [4.78, 5) is 12.3. The number of aryl methyl sites for hydroxylation is 1. The Morgan fingerprint density at radius 2 is 1.39 bits per heavy atom. The summed E-state index contributed by atoms with van der Waals surface area (Å²) in [5.41, 5.74) is 5.27. The monoisotopic (exact) mass is 301 g/mol. The van der Waals surface area contributed by atoms with Crippen molar-refractivity contribution in [3.05, 3.63) is 95.6 Å². The summed E-state index contributed by atoms with van der Waals surface area (Å²) in [5.74, 6) is -0.0483. The van der Waals surface area contributed by atoms with Crippen molar-refractivity contribution in [1.82, 2.24) is 5.32 Å². The van der Waals surface area contributed by atoms with Gasteiger partial charge < -0.3 is 5.32 Å². The Kier molecular flexibility index (Phi) is 4.53. The lowest BCUT2D eigenvalue weighted by Crippen LogP contribution is -2.23. The first-order valence-electron chi connectivity index (χ1n) is 7.72. The number of nitrogens with one attached hydrogen (secondary N) is 1. The van der Waals surface area contributed by atoms with E-state index in [1.54, 1.807) is 0 Å². The van der Waals surface area contributed by atoms with Crippen LogP contribution in [-0.2, 0) is 6.54 Å². The van der Waals surface area contributed by atoms with E-state index >= 15 is 0 Å². The molecule has 114 valence electrons. The van der Waals surface area contributed by atoms with Gasteiger partial charge in [-0.1, -0.05) is 66.7 Å². The van der Waals surface area contributed by atoms with E-state index in [0.717, 1.165) is 16.7 Å². The highest BCUT2D eigenvalue weighted by molar-refractivity contribution is 5.94. The average molecular weight is 301 g/mol. The van der Waals surface area contributed by atoms with E-state index in [9.17, 15) is 4.79 Å². The lowest BCUT2D eigenvalue weighted by molar-refractivity contribution is 0.0951. The summed E-state index contributed by atoms with van der Waals surface area (Å²) in [6.07, 6.45) is 0. The molecule has 0 aromatic heterocycles. The van der Waals surface area contributed by atoms with Crippen molar-refractivity contribution in [1.29, 1.82) is 0 Å². The standard InChI is InChI=1S/C21H19NO/c1-16-7-5-6-10-20(16)15-22-21(23)19-13-11-18(12-14-19)17-8-3-2-4-9-17/h2-14H,15H2,1H3,(H,22,23). The zero-order valence-corrected chi connectivity index (χ0v) is 13.1. The summed E-state index contributed by atoms with van der Waals surface area (Å²) < 4.78 is 0. The molecule has 0 radical (unpaired) electrons. The maximum absolute atomic E-state index is 12.3. The average Bonchev–Trinajstić information content (AvgIpc) is 2.62. The Balaban J connectivity index is 1.67. The molecular formula is C21H19NO. The molecule has 0 unspecified atom stereocenters. The minimum Gasteiger partial charge on any atom is -0.348 e. The first-order valence-corrected chi connectivity index (χ1v) is 7.72. The van der Waals surface area contributed by atoms with E-state index in [-0.39, 0.29) is 5.91 Å². The van der Waals surface area contributed by atoms with Gasteiger partial charge in [0, 0.05) is 12.1 Å². The minimum atomic E-state index is -0.0483. The predicted molar refractivity (Wildman–Crippen MR) is 94.2 cm³/mol. The number of carbonyl (C=O) groups excluding carboxylic acids is 1. The predicted octanol–water partition coefficient (Wildman–Crippen LogP) is 4.59. The lowest BCUT2D eigenvalue weighted by Gasteiger charge is -2.08. The third-order valence-corrected chi connectivity index (χ3v) is 3.95. The van der Waals surface area contributed by atoms with Crippen LogP contribution in [0, 0.1) is 6.92 Å². The fourth-order valence-electron chi connectivity index (χ4n) is 2.53. The molecule has 0 atom stereocenters. The maximum Gasteiger partial charge on any atom is 0.251 e. The van der Waals surface area contributed by atoms with Gasteiger partial charge in [0.25, 0.3) is 5.91 Å². The maximum atomic E-state index is 12.3. The molecule has 0 saturated carbocycles. The third kappa shape index (κ3) is 3.67. The topological polar surface area (TPSA) is 29.1 Å². The van der Waals surface area contributed by atoms with Gasteiger partial charge in [-0.05, 0) is 41.3 Å². The SMILES string of the molecule is Cc1ccccc1CNC(=O)c1ccc(-c2ccccc2)cc1. The Hall–Kier alpha value is -2.87. The Labute approximate surface area is 136 Å². The van der Waals surface area contributed by atoms with E-state index in [1.807, 2.05) is 60.7 Å². The van der Waals surface area contributed by atoms with Crippen LogP contribution in [-0.4, -0.2) is 5.91 Å². The van der Waals surface area contributed by atoms with Gasteiger partial charge in [0.15, 0.2) is 0 Å². The quantitative estimate of drug-likeness (QED) is 0.750. The second kappa shape index (κ2) is 6.93. The first kappa shape index (κ1) is 15.0. The van der Waals surface area contributed by atoms with Crippen LogP contribution >= 0.6 is 0 Å². The van der Waals surface area contributed by atoms with Gasteiger partial charge in [-0.2, -0.15) is 0 Å². The molecule has 0 aliphatic carbocycles. The summed E-state index contributed by atoms with van der Waals surface area (Å²) in [7, 11) is 0. The fraction of sp³-hybridized carbons (Fsp3) is 0.0952. The molecule has 3 aromatic carbocycles. The van der Waals surface area contributed by atoms with Gasteiger partial charge in [-0.15, -0.1) is 0 Å². The molecule has 0 aliphatic rings. The Bertz CT molecular complexity index is 792. The number of benzene rings is 3. The molecule has 2 nitrogen and oxygen atoms in total. The van der Waals surface area contributed by atoms with Gasteiger partial charge in [0.1, 0.15) is 0 Å². The molecular weight excluding hydrogens is 282 g/mol. The smallest absolute Gasteiger partial charge is 0.251 e. The third-order valence-electron chi connectivity index (χ3n) is 3.95. The molecule has 0 bridgehead atoms.